The maximum atomic E-state index is 12.3. The van der Waals surface area contributed by atoms with E-state index < -0.39 is 5.91 Å². The van der Waals surface area contributed by atoms with Crippen LogP contribution in [0.1, 0.15) is 41.8 Å². The highest BCUT2D eigenvalue weighted by Crippen LogP contribution is 2.15. The van der Waals surface area contributed by atoms with Crippen LogP contribution in [0.4, 0.5) is 5.69 Å². The molecule has 1 saturated heterocycles. The summed E-state index contributed by atoms with van der Waals surface area (Å²) in [5, 5.41) is 6.76. The number of benzene rings is 1. The van der Waals surface area contributed by atoms with Gasteiger partial charge in [-0.3, -0.25) is 19.4 Å². The molecule has 1 aromatic carbocycles. The summed E-state index contributed by atoms with van der Waals surface area (Å²) in [4.78, 5) is 32.5. The van der Waals surface area contributed by atoms with Crippen molar-refractivity contribution >= 4 is 17.5 Å². The first-order valence-electron chi connectivity index (χ1n) is 9.38. The second-order valence-electron chi connectivity index (χ2n) is 7.21. The minimum atomic E-state index is -0.564. The smallest absolute Gasteiger partial charge is 0.250 e. The Morgan fingerprint density at radius 1 is 1.18 bits per heavy atom. The molecule has 9 nitrogen and oxygen atoms in total. The number of primary amides is 1. The Balaban J connectivity index is 1.46. The second-order valence-corrected chi connectivity index (χ2v) is 7.21. The van der Waals surface area contributed by atoms with Gasteiger partial charge >= 0.3 is 0 Å². The summed E-state index contributed by atoms with van der Waals surface area (Å²) in [6.45, 7) is 8.08. The highest BCUT2D eigenvalue weighted by Gasteiger charge is 2.21. The topological polar surface area (TPSA) is 118 Å². The van der Waals surface area contributed by atoms with Gasteiger partial charge in [-0.25, -0.2) is 0 Å². The van der Waals surface area contributed by atoms with Crippen LogP contribution in [0.15, 0.2) is 28.8 Å². The van der Waals surface area contributed by atoms with E-state index in [2.05, 4.69) is 25.3 Å². The number of nitrogens with zero attached hydrogens (tertiary/aromatic N) is 4. The number of carbonyl (C=O) groups is 2. The van der Waals surface area contributed by atoms with Crippen molar-refractivity contribution in [3.8, 4) is 0 Å². The summed E-state index contributed by atoms with van der Waals surface area (Å²) in [6.07, 6.45) is 0. The van der Waals surface area contributed by atoms with Gasteiger partial charge in [0.25, 0.3) is 5.91 Å². The molecule has 3 N–H and O–H groups in total. The first kappa shape index (κ1) is 20.0. The molecule has 3 rings (SSSR count). The van der Waals surface area contributed by atoms with Crippen molar-refractivity contribution in [2.45, 2.75) is 26.3 Å². The van der Waals surface area contributed by atoms with Crippen molar-refractivity contribution < 1.29 is 14.1 Å². The number of amides is 2. The van der Waals surface area contributed by atoms with E-state index in [1.807, 2.05) is 13.8 Å². The number of anilines is 1. The van der Waals surface area contributed by atoms with Crippen LogP contribution in [-0.2, 0) is 11.3 Å². The van der Waals surface area contributed by atoms with Crippen LogP contribution in [0.3, 0.4) is 0 Å². The van der Waals surface area contributed by atoms with Crippen molar-refractivity contribution in [2.24, 2.45) is 5.73 Å². The zero-order chi connectivity index (χ0) is 20.1. The van der Waals surface area contributed by atoms with E-state index in [9.17, 15) is 9.59 Å². The molecule has 2 heterocycles. The molecular formula is C19H26N6O3. The number of nitrogens with one attached hydrogen (secondary N) is 1. The number of para-hydroxylation sites is 1. The zero-order valence-electron chi connectivity index (χ0n) is 16.2. The van der Waals surface area contributed by atoms with Gasteiger partial charge in [0, 0.05) is 32.1 Å². The molecule has 0 aliphatic carbocycles. The van der Waals surface area contributed by atoms with Crippen LogP contribution in [0.25, 0.3) is 0 Å². The quantitative estimate of drug-likeness (QED) is 0.730. The third-order valence-electron chi connectivity index (χ3n) is 4.66. The molecule has 0 spiro atoms. The van der Waals surface area contributed by atoms with Gasteiger partial charge in [-0.2, -0.15) is 4.98 Å². The summed E-state index contributed by atoms with van der Waals surface area (Å²) in [6, 6.07) is 6.73. The number of hydrogen-bond acceptors (Lipinski definition) is 7. The van der Waals surface area contributed by atoms with Crippen LogP contribution < -0.4 is 11.1 Å². The fourth-order valence-electron chi connectivity index (χ4n) is 3.06. The second kappa shape index (κ2) is 8.94. The van der Waals surface area contributed by atoms with Crippen LogP contribution >= 0.6 is 0 Å². The van der Waals surface area contributed by atoms with Crippen molar-refractivity contribution in [1.29, 1.82) is 0 Å². The van der Waals surface area contributed by atoms with Crippen molar-refractivity contribution in [3.63, 3.8) is 0 Å². The van der Waals surface area contributed by atoms with Gasteiger partial charge < -0.3 is 15.6 Å². The van der Waals surface area contributed by atoms with Crippen molar-refractivity contribution in [1.82, 2.24) is 19.9 Å². The van der Waals surface area contributed by atoms with Crippen LogP contribution in [0.2, 0.25) is 0 Å². The Bertz CT molecular complexity index is 827. The van der Waals surface area contributed by atoms with Gasteiger partial charge in [0.05, 0.1) is 24.3 Å². The lowest BCUT2D eigenvalue weighted by atomic mass is 10.1. The van der Waals surface area contributed by atoms with Gasteiger partial charge in [0.1, 0.15) is 0 Å². The third-order valence-corrected chi connectivity index (χ3v) is 4.66. The minimum Gasteiger partial charge on any atom is -0.366 e. The predicted molar refractivity (Wildman–Crippen MR) is 104 cm³/mol. The van der Waals surface area contributed by atoms with E-state index in [0.717, 1.165) is 32.0 Å². The lowest BCUT2D eigenvalue weighted by Crippen LogP contribution is -2.48. The molecule has 1 aliphatic heterocycles. The maximum Gasteiger partial charge on any atom is 0.250 e. The molecule has 0 bridgehead atoms. The monoisotopic (exact) mass is 386 g/mol. The average Bonchev–Trinajstić information content (AvgIpc) is 3.12. The summed E-state index contributed by atoms with van der Waals surface area (Å²) in [7, 11) is 0. The highest BCUT2D eigenvalue weighted by atomic mass is 16.5. The fraction of sp³-hybridized carbons (Fsp3) is 0.474. The highest BCUT2D eigenvalue weighted by molar-refractivity contribution is 6.03. The molecule has 1 aliphatic rings. The Labute approximate surface area is 163 Å². The SMILES string of the molecule is CC(C)c1noc(CN2CCN(CC(=O)Nc3ccccc3C(N)=O)CC2)n1. The number of nitrogens with two attached hydrogens (primary N) is 1. The zero-order valence-corrected chi connectivity index (χ0v) is 16.2. The Kier molecular flexibility index (Phi) is 6.37. The fourth-order valence-corrected chi connectivity index (χ4v) is 3.06. The molecule has 28 heavy (non-hydrogen) atoms. The molecule has 0 saturated carbocycles. The number of hydrogen-bond donors (Lipinski definition) is 2. The molecule has 1 aromatic heterocycles. The number of piperazine rings is 1. The van der Waals surface area contributed by atoms with Crippen LogP contribution in [0, 0.1) is 0 Å². The van der Waals surface area contributed by atoms with Gasteiger partial charge in [-0.1, -0.05) is 31.1 Å². The van der Waals surface area contributed by atoms with Crippen molar-refractivity contribution in [2.75, 3.05) is 38.0 Å². The largest absolute Gasteiger partial charge is 0.366 e. The lowest BCUT2D eigenvalue weighted by Gasteiger charge is -2.33. The minimum absolute atomic E-state index is 0.166. The number of carbonyl (C=O) groups excluding carboxylic acids is 2. The van der Waals surface area contributed by atoms with Crippen LogP contribution in [0.5, 0.6) is 0 Å². The van der Waals surface area contributed by atoms with E-state index in [1.54, 1.807) is 24.3 Å². The van der Waals surface area contributed by atoms with E-state index >= 15 is 0 Å². The molecular weight excluding hydrogens is 360 g/mol. The first-order valence-corrected chi connectivity index (χ1v) is 9.38. The average molecular weight is 386 g/mol. The summed E-state index contributed by atoms with van der Waals surface area (Å²) < 4.78 is 5.30. The molecule has 0 unspecified atom stereocenters. The van der Waals surface area contributed by atoms with Gasteiger partial charge in [-0.05, 0) is 12.1 Å². The Hall–Kier alpha value is -2.78. The molecule has 150 valence electrons. The molecule has 2 amide bonds. The predicted octanol–water partition coefficient (Wildman–Crippen LogP) is 1.05. The van der Waals surface area contributed by atoms with E-state index in [0.29, 0.717) is 23.7 Å². The Morgan fingerprint density at radius 3 is 2.50 bits per heavy atom. The summed E-state index contributed by atoms with van der Waals surface area (Å²) in [5.41, 5.74) is 6.09. The molecule has 2 aromatic rings. The van der Waals surface area contributed by atoms with E-state index in [4.69, 9.17) is 10.3 Å². The molecule has 1 fully saturated rings. The summed E-state index contributed by atoms with van der Waals surface area (Å²) >= 11 is 0. The van der Waals surface area contributed by atoms with Crippen LogP contribution in [-0.4, -0.2) is 64.5 Å². The molecule has 0 radical (unpaired) electrons. The Morgan fingerprint density at radius 2 is 1.86 bits per heavy atom. The summed E-state index contributed by atoms with van der Waals surface area (Å²) in [5.74, 6) is 0.860. The van der Waals surface area contributed by atoms with E-state index in [1.165, 1.54) is 0 Å². The number of aromatic nitrogens is 2. The standard InChI is InChI=1S/C19H26N6O3/c1-13(2)19-22-17(28-23-19)12-25-9-7-24(8-10-25)11-16(26)21-15-6-4-3-5-14(15)18(20)27/h3-6,13H,7-12H2,1-2H3,(H2,20,27)(H,21,26). The third kappa shape index (κ3) is 5.14. The normalized spacial score (nSPS) is 15.7. The van der Waals surface area contributed by atoms with E-state index in [-0.39, 0.29) is 18.4 Å². The molecule has 9 heteroatoms. The maximum absolute atomic E-state index is 12.3. The van der Waals surface area contributed by atoms with Gasteiger partial charge in [0.2, 0.25) is 11.8 Å². The first-order chi connectivity index (χ1) is 13.4. The van der Waals surface area contributed by atoms with Gasteiger partial charge in [0.15, 0.2) is 5.82 Å². The van der Waals surface area contributed by atoms with Crippen molar-refractivity contribution in [3.05, 3.63) is 41.5 Å². The lowest BCUT2D eigenvalue weighted by molar-refractivity contribution is -0.117. The number of rotatable bonds is 7. The molecule has 0 atom stereocenters. The van der Waals surface area contributed by atoms with Gasteiger partial charge in [-0.15, -0.1) is 0 Å².